The fourth-order valence-corrected chi connectivity index (χ4v) is 5.09. The highest BCUT2D eigenvalue weighted by Gasteiger charge is 2.19. The van der Waals surface area contributed by atoms with Crippen molar-refractivity contribution >= 4 is 102 Å². The summed E-state index contributed by atoms with van der Waals surface area (Å²) in [6.45, 7) is 8.76. The van der Waals surface area contributed by atoms with Gasteiger partial charge >= 0.3 is 77.6 Å². The van der Waals surface area contributed by atoms with E-state index in [-0.39, 0.29) is 43.8 Å². The Morgan fingerprint density at radius 3 is 1.02 bits per heavy atom. The number of nitrogens with two attached hydrogens (primary N) is 12. The molecule has 0 saturated carbocycles. The van der Waals surface area contributed by atoms with Crippen molar-refractivity contribution in [3.8, 4) is 0 Å². The second-order valence-corrected chi connectivity index (χ2v) is 20.6. The highest BCUT2D eigenvalue weighted by atomic mass is 32.2. The lowest BCUT2D eigenvalue weighted by molar-refractivity contribution is -0.144. The molecule has 1 rings (SSSR count). The van der Waals surface area contributed by atoms with Crippen LogP contribution in [0.25, 0.3) is 0 Å². The van der Waals surface area contributed by atoms with Gasteiger partial charge in [-0.05, 0) is 88.3 Å². The molecule has 0 aromatic carbocycles. The molecule has 546 valence electrons. The van der Waals surface area contributed by atoms with Gasteiger partial charge in [-0.2, -0.15) is 24.4 Å². The van der Waals surface area contributed by atoms with E-state index in [1.165, 1.54) is 6.33 Å². The van der Waals surface area contributed by atoms with Gasteiger partial charge < -0.3 is 140 Å². The third-order valence-electron chi connectivity index (χ3n) is 10.4. The fraction of sp³-hybridized carbons (Fsp3) is 0.686. The Kier molecular flexibility index (Phi) is 75.7. The van der Waals surface area contributed by atoms with Crippen LogP contribution in [-0.4, -0.2) is 245 Å². The number of hydrogen-bond donors (Lipinski definition) is 27. The van der Waals surface area contributed by atoms with Crippen LogP contribution >= 0.6 is 24.4 Å². The van der Waals surface area contributed by atoms with E-state index in [1.54, 1.807) is 18.0 Å². The van der Waals surface area contributed by atoms with Gasteiger partial charge in [-0.1, -0.05) is 40.5 Å². The molecule has 38 N–H and O–H groups in total. The molecule has 0 aliphatic heterocycles. The third kappa shape index (κ3) is 84.5. The number of aliphatic carboxylic acids is 13. The average molecular weight is 1390 g/mol. The van der Waals surface area contributed by atoms with Gasteiger partial charge in [0.2, 0.25) is 0 Å². The zero-order chi connectivity index (χ0) is 75.3. The van der Waals surface area contributed by atoms with Crippen LogP contribution in [0.5, 0.6) is 0 Å². The number of carboxylic acid groups (broad SMARTS) is 13. The van der Waals surface area contributed by atoms with Crippen molar-refractivity contribution in [1.82, 2.24) is 9.97 Å². The van der Waals surface area contributed by atoms with Gasteiger partial charge in [0.05, 0.1) is 18.4 Å². The summed E-state index contributed by atoms with van der Waals surface area (Å²) in [7, 11) is 0. The summed E-state index contributed by atoms with van der Waals surface area (Å²) in [5.41, 5.74) is 62.1. The lowest BCUT2D eigenvalue weighted by Gasteiger charge is -2.11. The zero-order valence-corrected chi connectivity index (χ0v) is 54.4. The summed E-state index contributed by atoms with van der Waals surface area (Å²) in [6.07, 6.45) is 9.54. The number of carboxylic acids is 13. The maximum atomic E-state index is 10.3. The van der Waals surface area contributed by atoms with E-state index in [9.17, 15) is 62.3 Å². The minimum Gasteiger partial charge on any atom is -0.481 e. The number of nitrogens with zero attached hydrogens (tertiary/aromatic N) is 1. The second-order valence-electron chi connectivity index (χ2n) is 19.3. The topological polar surface area (TPSA) is 826 Å². The molecule has 1 aromatic heterocycles. The smallest absolute Gasteiger partial charge is 0.321 e. The zero-order valence-electron chi connectivity index (χ0n) is 52.7. The predicted octanol–water partition coefficient (Wildman–Crippen LogP) is -4.20. The van der Waals surface area contributed by atoms with E-state index in [0.29, 0.717) is 56.8 Å². The van der Waals surface area contributed by atoms with Crippen LogP contribution in [0.3, 0.4) is 0 Å². The van der Waals surface area contributed by atoms with Gasteiger partial charge in [0.15, 0.2) is 0 Å². The van der Waals surface area contributed by atoms with Gasteiger partial charge in [-0.3, -0.25) is 62.3 Å². The Bertz CT molecular complexity index is 2160. The SMILES string of the molecule is CC(C)C[C@@H](N)C(=O)O.CC[C@@H](C)[C@@H](N)C(=O)O.CSCC[C@@H](N)C(=O)O.NCCCC[C@@H](N)C(=O)O.NCCC[C@@H](N)C(=O)O.N[C@@H](CC(=O)O)C(=O)O.N[C@H](CCC(=O)O)C(=O)O.N[C@H](CCC(=O)O)C(=O)O.N[C@H](CS)C(=O)O.N[C@H](Cc1c[nH]cn1)C(=O)O. The van der Waals surface area contributed by atoms with Crippen molar-refractivity contribution in [2.45, 2.75) is 178 Å². The van der Waals surface area contributed by atoms with Crippen LogP contribution in [0, 0.1) is 11.8 Å². The van der Waals surface area contributed by atoms with E-state index in [1.807, 2.05) is 34.0 Å². The number of unbranched alkanes of at least 4 members (excludes halogenated alkanes) is 1. The summed E-state index contributed by atoms with van der Waals surface area (Å²) in [6, 6.07) is -8.62. The monoisotopic (exact) mass is 1390 g/mol. The van der Waals surface area contributed by atoms with Gasteiger partial charge in [-0.25, -0.2) is 4.98 Å². The second kappa shape index (κ2) is 67.4. The third-order valence-corrected chi connectivity index (χ3v) is 11.4. The lowest BCUT2D eigenvalue weighted by atomic mass is 10.0. The normalized spacial score (nSPS) is 13.3. The maximum absolute atomic E-state index is 10.3. The number of aromatic nitrogens is 2. The van der Waals surface area contributed by atoms with Gasteiger partial charge in [-0.15, -0.1) is 0 Å². The first-order valence-corrected chi connectivity index (χ1v) is 29.7. The first-order valence-electron chi connectivity index (χ1n) is 27.6. The van der Waals surface area contributed by atoms with Crippen molar-refractivity contribution in [3.63, 3.8) is 0 Å². The first kappa shape index (κ1) is 104. The molecule has 1 heterocycles. The minimum atomic E-state index is -1.29. The molecular formula is C51H104N14O26S2. The lowest BCUT2D eigenvalue weighted by Crippen LogP contribution is -2.36. The van der Waals surface area contributed by atoms with E-state index in [2.05, 4.69) is 22.6 Å². The molecule has 42 heteroatoms. The molecule has 0 saturated heterocycles. The Balaban J connectivity index is -0.000000121. The number of rotatable bonds is 35. The molecule has 0 aliphatic carbocycles. The Hall–Kier alpha value is -7.46. The van der Waals surface area contributed by atoms with Crippen LogP contribution in [0.1, 0.15) is 117 Å². The number of H-pyrrole nitrogens is 1. The molecule has 0 spiro atoms. The summed E-state index contributed by atoms with van der Waals surface area (Å²) in [5, 5.41) is 107. The van der Waals surface area contributed by atoms with E-state index in [4.69, 9.17) is 135 Å². The number of carbonyl (C=O) groups is 13. The van der Waals surface area contributed by atoms with Gasteiger partial charge in [0.25, 0.3) is 0 Å². The number of aromatic amines is 1. The molecule has 0 bridgehead atoms. The number of thioether (sulfide) groups is 1. The minimum absolute atomic E-state index is 0.0231. The molecule has 0 aliphatic rings. The van der Waals surface area contributed by atoms with E-state index in [0.717, 1.165) is 25.0 Å². The standard InChI is InChI=1S/C6H9N3O2.C6H14N2O2.2C6H13NO2.C5H12N2O2.2C5H9NO4.C5H11NO2S.C4H7NO4.C3H7NO2S/c7-5(6(10)11)1-4-2-8-3-9-4;7-4-2-1-3-5(8)6(9)10;1-4(2)3-5(7)6(8)9;1-3-4(2)5(7)6(8)9;6-3-1-2-4(7)5(8)9;2*6-3(5(9)10)1-2-4(7)8;1-9-3-2-4(6)5(7)8;5-2(4(8)9)1-3(6)7;4-2(1-7)3(5)6/h2-3,5H,1,7H2,(H,8,9)(H,10,11);5H,1-4,7-8H2,(H,9,10);2*4-5H,3,7H2,1-2H3,(H,8,9);4H,1-3,6-7H2,(H,8,9);2*3H,1-2,6H2,(H,7,8)(H,9,10);4H,2-3,6H2,1H3,(H,7,8);2H,1,5H2,(H,6,7)(H,8,9);2,7H,1,4H2,(H,5,6)/t3*5-;4-,5-;4-;2*3-;4-;2*2-/m1111111101/s1. The number of hydrogen-bond acceptors (Lipinski definition) is 28. The van der Waals surface area contributed by atoms with Crippen LogP contribution in [0.4, 0.5) is 0 Å². The van der Waals surface area contributed by atoms with Crippen molar-refractivity contribution in [1.29, 1.82) is 0 Å². The molecule has 1 aromatic rings. The predicted molar refractivity (Wildman–Crippen MR) is 341 cm³/mol. The first-order chi connectivity index (χ1) is 42.7. The van der Waals surface area contributed by atoms with Gasteiger partial charge in [0, 0.05) is 31.2 Å². The fourth-order valence-electron chi connectivity index (χ4n) is 4.44. The highest BCUT2D eigenvalue weighted by Crippen LogP contribution is 2.05. The highest BCUT2D eigenvalue weighted by molar-refractivity contribution is 7.98. The maximum Gasteiger partial charge on any atom is 0.321 e. The Morgan fingerprint density at radius 2 is 0.806 bits per heavy atom. The number of thiol groups is 1. The van der Waals surface area contributed by atoms with Crippen LogP contribution < -0.4 is 68.8 Å². The van der Waals surface area contributed by atoms with Crippen LogP contribution in [0.2, 0.25) is 0 Å². The molecule has 40 nitrogen and oxygen atoms in total. The van der Waals surface area contributed by atoms with Crippen LogP contribution in [-0.2, 0) is 68.7 Å². The largest absolute Gasteiger partial charge is 0.481 e. The molecule has 0 unspecified atom stereocenters. The Labute approximate surface area is 546 Å². The quantitative estimate of drug-likeness (QED) is 0.0226. The molecule has 0 amide bonds. The van der Waals surface area contributed by atoms with Gasteiger partial charge in [0.1, 0.15) is 60.4 Å². The molecular weight excluding hydrogens is 1290 g/mol. The van der Waals surface area contributed by atoms with Crippen molar-refractivity contribution in [2.24, 2.45) is 80.6 Å². The van der Waals surface area contributed by atoms with Crippen molar-refractivity contribution < 1.29 is 129 Å². The number of nitrogens with one attached hydrogen (secondary N) is 1. The summed E-state index contributed by atoms with van der Waals surface area (Å²) >= 11 is 5.25. The molecule has 0 fully saturated rings. The summed E-state index contributed by atoms with van der Waals surface area (Å²) in [5.74, 6) is -12.1. The number of imidazole rings is 1. The summed E-state index contributed by atoms with van der Waals surface area (Å²) in [4.78, 5) is 136. The van der Waals surface area contributed by atoms with Crippen molar-refractivity contribution in [2.75, 3.05) is 30.9 Å². The van der Waals surface area contributed by atoms with Crippen LogP contribution in [0.15, 0.2) is 12.5 Å². The van der Waals surface area contributed by atoms with E-state index < -0.39 is 144 Å². The molecule has 0 radical (unpaired) electrons. The van der Waals surface area contributed by atoms with E-state index >= 15 is 0 Å². The van der Waals surface area contributed by atoms with Crippen molar-refractivity contribution in [3.05, 3.63) is 18.2 Å². The molecule has 93 heavy (non-hydrogen) atoms. The Morgan fingerprint density at radius 1 is 0.462 bits per heavy atom. The molecule has 11 atom stereocenters. The average Bonchev–Trinajstić information content (AvgIpc) is 3.28. The summed E-state index contributed by atoms with van der Waals surface area (Å²) < 4.78 is 0.